The summed E-state index contributed by atoms with van der Waals surface area (Å²) in [6, 6.07) is 14.3. The summed E-state index contributed by atoms with van der Waals surface area (Å²) in [5.41, 5.74) is 6.16. The van der Waals surface area contributed by atoms with E-state index in [-0.39, 0.29) is 11.1 Å². The minimum atomic E-state index is -4.83. The van der Waals surface area contributed by atoms with Gasteiger partial charge in [0.1, 0.15) is 0 Å². The number of carbonyl (C=O) groups is 1. The molecule has 0 aliphatic carbocycles. The van der Waals surface area contributed by atoms with Crippen molar-refractivity contribution in [3.05, 3.63) is 71.1 Å². The highest BCUT2D eigenvalue weighted by molar-refractivity contribution is 7.56. The maximum atomic E-state index is 12.6. The van der Waals surface area contributed by atoms with E-state index in [1.54, 1.807) is 23.5 Å². The van der Waals surface area contributed by atoms with Crippen molar-refractivity contribution in [3.63, 3.8) is 0 Å². The fourth-order valence-electron chi connectivity index (χ4n) is 2.94. The Morgan fingerprint density at radius 3 is 2.26 bits per heavy atom. The van der Waals surface area contributed by atoms with Crippen LogP contribution in [0.2, 0.25) is 0 Å². The topological polar surface area (TPSA) is 170 Å². The van der Waals surface area contributed by atoms with Gasteiger partial charge in [0.15, 0.2) is 0 Å². The summed E-state index contributed by atoms with van der Waals surface area (Å²) < 4.78 is 23.0. The molecule has 7 N–H and O–H groups in total. The first-order valence-electron chi connectivity index (χ1n) is 8.88. The summed E-state index contributed by atoms with van der Waals surface area (Å²) in [5.74, 6) is -0.496. The van der Waals surface area contributed by atoms with E-state index in [0.717, 1.165) is 10.4 Å². The number of rotatable bonds is 7. The molecule has 12 heteroatoms. The number of nitrogens with one attached hydrogen (secondary N) is 1. The molecule has 1 heterocycles. The van der Waals surface area contributed by atoms with Gasteiger partial charge in [-0.2, -0.15) is 0 Å². The lowest BCUT2D eigenvalue weighted by molar-refractivity contribution is 0.102. The van der Waals surface area contributed by atoms with E-state index in [1.807, 2.05) is 23.6 Å². The molecular weight excluding hydrogens is 462 g/mol. The molecule has 31 heavy (non-hydrogen) atoms. The van der Waals surface area contributed by atoms with Crippen LogP contribution in [0.5, 0.6) is 0 Å². The first kappa shape index (κ1) is 23.4. The third-order valence-corrected chi connectivity index (χ3v) is 7.82. The first-order valence-corrected chi connectivity index (χ1v) is 13.2. The lowest BCUT2D eigenvalue weighted by Gasteiger charge is -2.19. The standard InChI is InChI=1S/C19H20N2O7P2S/c20-15-8-7-14(18-2-1-9-31-18)10-16(15)21-19(22)13-5-3-12(4-6-13)17(30(26,27)28)11-29(23,24)25/h1-10,17H,11,20H2,(H,21,22)(H2,23,24,25)(H2,26,27,28). The Morgan fingerprint density at radius 1 is 1.03 bits per heavy atom. The van der Waals surface area contributed by atoms with Crippen molar-refractivity contribution in [1.29, 1.82) is 0 Å². The van der Waals surface area contributed by atoms with Crippen LogP contribution < -0.4 is 11.1 Å². The number of carbonyl (C=O) groups excluding carboxylic acids is 1. The maximum Gasteiger partial charge on any atom is 0.333 e. The Labute approximate surface area is 181 Å². The van der Waals surface area contributed by atoms with Crippen LogP contribution in [0.1, 0.15) is 21.6 Å². The number of hydrogen-bond acceptors (Lipinski definition) is 5. The van der Waals surface area contributed by atoms with Crippen LogP contribution in [0.4, 0.5) is 11.4 Å². The minimum Gasteiger partial charge on any atom is -0.397 e. The highest BCUT2D eigenvalue weighted by atomic mass is 32.1. The number of nitrogens with two attached hydrogens (primary N) is 1. The molecule has 9 nitrogen and oxygen atoms in total. The summed E-state index contributed by atoms with van der Waals surface area (Å²) in [6.07, 6.45) is -1.01. The highest BCUT2D eigenvalue weighted by Crippen LogP contribution is 2.57. The molecule has 0 fully saturated rings. The van der Waals surface area contributed by atoms with Crippen LogP contribution in [0.15, 0.2) is 60.0 Å². The van der Waals surface area contributed by atoms with E-state index in [9.17, 15) is 23.7 Å². The van der Waals surface area contributed by atoms with Gasteiger partial charge in [-0.25, -0.2) is 0 Å². The van der Waals surface area contributed by atoms with Crippen molar-refractivity contribution in [2.75, 3.05) is 17.2 Å². The fraction of sp³-hybridized carbons (Fsp3) is 0.105. The van der Waals surface area contributed by atoms with E-state index in [0.29, 0.717) is 11.4 Å². The summed E-state index contributed by atoms with van der Waals surface area (Å²) in [6.45, 7) is 0. The van der Waals surface area contributed by atoms with E-state index >= 15 is 0 Å². The molecule has 1 aromatic heterocycles. The Balaban J connectivity index is 1.81. The second-order valence-electron chi connectivity index (χ2n) is 6.81. The molecule has 3 aromatic rings. The minimum absolute atomic E-state index is 0.0208. The van der Waals surface area contributed by atoms with Crippen LogP contribution in [0, 0.1) is 0 Å². The molecule has 2 aromatic carbocycles. The molecule has 0 spiro atoms. The molecule has 1 atom stereocenters. The summed E-state index contributed by atoms with van der Waals surface area (Å²) in [7, 11) is -9.51. The van der Waals surface area contributed by atoms with E-state index in [2.05, 4.69) is 5.32 Å². The second-order valence-corrected chi connectivity index (χ2v) is 11.3. The van der Waals surface area contributed by atoms with Crippen LogP contribution in [-0.4, -0.2) is 31.6 Å². The molecule has 3 rings (SSSR count). The van der Waals surface area contributed by atoms with Gasteiger partial charge in [0.25, 0.3) is 5.91 Å². The predicted octanol–water partition coefficient (Wildman–Crippen LogP) is 3.65. The monoisotopic (exact) mass is 482 g/mol. The fourth-order valence-corrected chi connectivity index (χ4v) is 6.38. The number of anilines is 2. The summed E-state index contributed by atoms with van der Waals surface area (Å²) in [5, 5.41) is 4.64. The van der Waals surface area contributed by atoms with Crippen molar-refractivity contribution in [3.8, 4) is 10.4 Å². The first-order chi connectivity index (χ1) is 14.4. The maximum absolute atomic E-state index is 12.6. The van der Waals surface area contributed by atoms with Gasteiger partial charge in [-0.05, 0) is 46.8 Å². The molecule has 0 aliphatic rings. The highest BCUT2D eigenvalue weighted by Gasteiger charge is 2.36. The largest absolute Gasteiger partial charge is 0.397 e. The van der Waals surface area contributed by atoms with Gasteiger partial charge in [0, 0.05) is 10.4 Å². The average Bonchev–Trinajstić information content (AvgIpc) is 3.21. The second kappa shape index (κ2) is 9.06. The Kier molecular flexibility index (Phi) is 6.83. The molecule has 0 aliphatic heterocycles. The number of hydrogen-bond donors (Lipinski definition) is 6. The van der Waals surface area contributed by atoms with Gasteiger partial charge in [0.2, 0.25) is 0 Å². The zero-order valence-electron chi connectivity index (χ0n) is 16.0. The van der Waals surface area contributed by atoms with Crippen LogP contribution in [0.25, 0.3) is 10.4 Å². The van der Waals surface area contributed by atoms with E-state index in [4.69, 9.17) is 15.5 Å². The molecule has 1 amide bonds. The predicted molar refractivity (Wildman–Crippen MR) is 120 cm³/mol. The van der Waals surface area contributed by atoms with Crippen molar-refractivity contribution >= 4 is 43.8 Å². The molecule has 0 saturated heterocycles. The molecule has 1 unspecified atom stereocenters. The molecule has 164 valence electrons. The zero-order valence-corrected chi connectivity index (χ0v) is 18.6. The van der Waals surface area contributed by atoms with Crippen molar-refractivity contribution in [1.82, 2.24) is 0 Å². The van der Waals surface area contributed by atoms with Crippen LogP contribution >= 0.6 is 26.5 Å². The molecular formula is C19H20N2O7P2S. The Hall–Kier alpha value is -2.29. The quantitative estimate of drug-likeness (QED) is 0.219. The normalized spacial score (nSPS) is 13.0. The molecule has 0 radical (unpaired) electrons. The smallest absolute Gasteiger partial charge is 0.333 e. The van der Waals surface area contributed by atoms with Crippen molar-refractivity contribution in [2.24, 2.45) is 0 Å². The van der Waals surface area contributed by atoms with Crippen LogP contribution in [0.3, 0.4) is 0 Å². The van der Waals surface area contributed by atoms with Gasteiger partial charge in [0.05, 0.1) is 23.2 Å². The number of amides is 1. The van der Waals surface area contributed by atoms with Gasteiger partial charge in [-0.3, -0.25) is 13.9 Å². The third kappa shape index (κ3) is 6.12. The van der Waals surface area contributed by atoms with Crippen molar-refractivity contribution in [2.45, 2.75) is 5.66 Å². The van der Waals surface area contributed by atoms with E-state index in [1.165, 1.54) is 24.3 Å². The van der Waals surface area contributed by atoms with Gasteiger partial charge >= 0.3 is 15.2 Å². The van der Waals surface area contributed by atoms with Gasteiger partial charge in [-0.1, -0.05) is 24.3 Å². The molecule has 0 bridgehead atoms. The van der Waals surface area contributed by atoms with E-state index < -0.39 is 32.9 Å². The van der Waals surface area contributed by atoms with Gasteiger partial charge < -0.3 is 30.6 Å². The van der Waals surface area contributed by atoms with Gasteiger partial charge in [-0.15, -0.1) is 11.3 Å². The molecule has 0 saturated carbocycles. The van der Waals surface area contributed by atoms with Crippen LogP contribution in [-0.2, 0) is 9.13 Å². The zero-order chi connectivity index (χ0) is 22.8. The average molecular weight is 482 g/mol. The lowest BCUT2D eigenvalue weighted by Crippen LogP contribution is -2.14. The summed E-state index contributed by atoms with van der Waals surface area (Å²) in [4.78, 5) is 50.9. The third-order valence-electron chi connectivity index (χ3n) is 4.48. The summed E-state index contributed by atoms with van der Waals surface area (Å²) >= 11 is 1.54. The SMILES string of the molecule is Nc1ccc(-c2cccs2)cc1NC(=O)c1ccc(C(CP(=O)(O)O)P(=O)(O)O)cc1. The number of nitrogen functional groups attached to an aromatic ring is 1. The Bertz CT molecular complexity index is 1170. The number of thiophene rings is 1. The lowest BCUT2D eigenvalue weighted by atomic mass is 10.1. The number of benzene rings is 2. The Morgan fingerprint density at radius 2 is 1.71 bits per heavy atom. The van der Waals surface area contributed by atoms with Crippen molar-refractivity contribution < 1.29 is 33.5 Å².